The standard InChI is InChI=1S/C19H27ClN2O3/c1-14(23)21-13-19(15-5-7-16(20)8-6-15)9-11-22(12-10-19)17(24)25-18(2,3)4/h5-8H,9-13H2,1-4H3,(H,21,23). The summed E-state index contributed by atoms with van der Waals surface area (Å²) in [6.07, 6.45) is 1.24. The zero-order valence-corrected chi connectivity index (χ0v) is 16.2. The lowest BCUT2D eigenvalue weighted by Gasteiger charge is -2.42. The highest BCUT2D eigenvalue weighted by atomic mass is 35.5. The molecule has 0 saturated carbocycles. The monoisotopic (exact) mass is 366 g/mol. The average Bonchev–Trinajstić information content (AvgIpc) is 2.52. The van der Waals surface area contributed by atoms with Crippen LogP contribution in [0.3, 0.4) is 0 Å². The van der Waals surface area contributed by atoms with Crippen molar-refractivity contribution in [1.29, 1.82) is 0 Å². The summed E-state index contributed by atoms with van der Waals surface area (Å²) in [7, 11) is 0. The lowest BCUT2D eigenvalue weighted by atomic mass is 9.72. The van der Waals surface area contributed by atoms with Gasteiger partial charge in [-0.2, -0.15) is 0 Å². The summed E-state index contributed by atoms with van der Waals surface area (Å²) >= 11 is 6.01. The third-order valence-electron chi connectivity index (χ3n) is 4.50. The molecule has 6 heteroatoms. The zero-order valence-electron chi connectivity index (χ0n) is 15.4. The van der Waals surface area contributed by atoms with Crippen molar-refractivity contribution in [2.75, 3.05) is 19.6 Å². The molecule has 0 atom stereocenters. The van der Waals surface area contributed by atoms with Crippen LogP contribution in [0.5, 0.6) is 0 Å². The van der Waals surface area contributed by atoms with Crippen LogP contribution in [-0.2, 0) is 14.9 Å². The maximum Gasteiger partial charge on any atom is 0.410 e. The Labute approximate surface area is 154 Å². The second kappa shape index (κ2) is 7.65. The molecular formula is C19H27ClN2O3. The van der Waals surface area contributed by atoms with E-state index in [1.165, 1.54) is 6.92 Å². The van der Waals surface area contributed by atoms with Crippen LogP contribution in [0.25, 0.3) is 0 Å². The Bertz CT molecular complexity index is 615. The molecule has 1 fully saturated rings. The van der Waals surface area contributed by atoms with Crippen molar-refractivity contribution >= 4 is 23.6 Å². The number of ether oxygens (including phenoxy) is 1. The number of nitrogens with zero attached hydrogens (tertiary/aromatic N) is 1. The minimum atomic E-state index is -0.502. The number of hydrogen-bond donors (Lipinski definition) is 1. The van der Waals surface area contributed by atoms with Crippen LogP contribution in [0.2, 0.25) is 5.02 Å². The Morgan fingerprint density at radius 2 is 1.76 bits per heavy atom. The van der Waals surface area contributed by atoms with Crippen molar-refractivity contribution < 1.29 is 14.3 Å². The molecule has 0 aliphatic carbocycles. The molecule has 138 valence electrons. The van der Waals surface area contributed by atoms with E-state index in [1.54, 1.807) is 4.90 Å². The first-order valence-corrected chi connectivity index (χ1v) is 8.98. The van der Waals surface area contributed by atoms with Gasteiger partial charge in [0.15, 0.2) is 0 Å². The molecule has 2 rings (SSSR count). The first kappa shape index (κ1) is 19.6. The fourth-order valence-corrected chi connectivity index (χ4v) is 3.23. The number of likely N-dealkylation sites (tertiary alicyclic amines) is 1. The first-order chi connectivity index (χ1) is 11.6. The molecule has 1 aromatic rings. The quantitative estimate of drug-likeness (QED) is 0.886. The van der Waals surface area contributed by atoms with E-state index < -0.39 is 5.60 Å². The molecule has 0 aromatic heterocycles. The SMILES string of the molecule is CC(=O)NCC1(c2ccc(Cl)cc2)CCN(C(=O)OC(C)(C)C)CC1. The molecule has 1 aliphatic rings. The smallest absolute Gasteiger partial charge is 0.410 e. The van der Waals surface area contributed by atoms with Gasteiger partial charge >= 0.3 is 6.09 Å². The van der Waals surface area contributed by atoms with Crippen LogP contribution in [0, 0.1) is 0 Å². The number of nitrogens with one attached hydrogen (secondary N) is 1. The lowest BCUT2D eigenvalue weighted by Crippen LogP contribution is -2.51. The summed E-state index contributed by atoms with van der Waals surface area (Å²) in [5.41, 5.74) is 0.432. The van der Waals surface area contributed by atoms with Crippen molar-refractivity contribution in [1.82, 2.24) is 10.2 Å². The van der Waals surface area contributed by atoms with E-state index in [0.29, 0.717) is 24.7 Å². The van der Waals surface area contributed by atoms with E-state index in [9.17, 15) is 9.59 Å². The van der Waals surface area contributed by atoms with Crippen LogP contribution >= 0.6 is 11.6 Å². The molecule has 1 aliphatic heterocycles. The van der Waals surface area contributed by atoms with Crippen molar-refractivity contribution in [2.45, 2.75) is 51.6 Å². The molecule has 5 nitrogen and oxygen atoms in total. The molecule has 1 heterocycles. The second-order valence-electron chi connectivity index (χ2n) is 7.66. The minimum Gasteiger partial charge on any atom is -0.444 e. The van der Waals surface area contributed by atoms with Crippen LogP contribution in [0.1, 0.15) is 46.1 Å². The van der Waals surface area contributed by atoms with Gasteiger partial charge in [-0.25, -0.2) is 4.79 Å². The predicted octanol–water partition coefficient (Wildman–Crippen LogP) is 3.74. The van der Waals surface area contributed by atoms with E-state index >= 15 is 0 Å². The van der Waals surface area contributed by atoms with Crippen LogP contribution in [0.4, 0.5) is 4.79 Å². The predicted molar refractivity (Wildman–Crippen MR) is 98.9 cm³/mol. The van der Waals surface area contributed by atoms with Crippen molar-refractivity contribution in [3.8, 4) is 0 Å². The fourth-order valence-electron chi connectivity index (χ4n) is 3.11. The Morgan fingerprint density at radius 3 is 2.24 bits per heavy atom. The highest BCUT2D eigenvalue weighted by Crippen LogP contribution is 2.36. The molecule has 1 saturated heterocycles. The Kier molecular flexibility index (Phi) is 5.99. The van der Waals surface area contributed by atoms with Crippen LogP contribution < -0.4 is 5.32 Å². The van der Waals surface area contributed by atoms with Crippen molar-refractivity contribution in [3.63, 3.8) is 0 Å². The maximum absolute atomic E-state index is 12.3. The van der Waals surface area contributed by atoms with Gasteiger partial charge in [0.2, 0.25) is 5.91 Å². The fraction of sp³-hybridized carbons (Fsp3) is 0.579. The largest absolute Gasteiger partial charge is 0.444 e. The molecular weight excluding hydrogens is 340 g/mol. The molecule has 0 unspecified atom stereocenters. The van der Waals surface area contributed by atoms with Gasteiger partial charge in [-0.15, -0.1) is 0 Å². The highest BCUT2D eigenvalue weighted by Gasteiger charge is 2.38. The Hall–Kier alpha value is -1.75. The number of benzene rings is 1. The molecule has 25 heavy (non-hydrogen) atoms. The molecule has 1 aromatic carbocycles. The molecule has 0 spiro atoms. The summed E-state index contributed by atoms with van der Waals surface area (Å²) in [6, 6.07) is 7.75. The lowest BCUT2D eigenvalue weighted by molar-refractivity contribution is -0.119. The summed E-state index contributed by atoms with van der Waals surface area (Å²) in [5, 5.41) is 3.63. The first-order valence-electron chi connectivity index (χ1n) is 8.60. The van der Waals surface area contributed by atoms with Crippen LogP contribution in [0.15, 0.2) is 24.3 Å². The maximum atomic E-state index is 12.3. The number of halogens is 1. The number of carbonyl (C=O) groups excluding carboxylic acids is 2. The normalized spacial score (nSPS) is 17.1. The van der Waals surface area contributed by atoms with E-state index in [1.807, 2.05) is 45.0 Å². The van der Waals surface area contributed by atoms with Gasteiger partial charge in [0.05, 0.1) is 0 Å². The minimum absolute atomic E-state index is 0.0529. The third kappa shape index (κ3) is 5.36. The number of rotatable bonds is 3. The van der Waals surface area contributed by atoms with Gasteiger partial charge in [0.25, 0.3) is 0 Å². The van der Waals surface area contributed by atoms with Gasteiger partial charge in [-0.3, -0.25) is 4.79 Å². The number of hydrogen-bond acceptors (Lipinski definition) is 3. The van der Waals surface area contributed by atoms with E-state index in [4.69, 9.17) is 16.3 Å². The van der Waals surface area contributed by atoms with Gasteiger partial charge in [0.1, 0.15) is 5.60 Å². The number of piperidine rings is 1. The summed E-state index contributed by atoms with van der Waals surface area (Å²) < 4.78 is 5.46. The summed E-state index contributed by atoms with van der Waals surface area (Å²) in [6.45, 7) is 8.85. The zero-order chi connectivity index (χ0) is 18.7. The van der Waals surface area contributed by atoms with Gasteiger partial charge in [-0.05, 0) is 51.3 Å². The van der Waals surface area contributed by atoms with Crippen molar-refractivity contribution in [3.05, 3.63) is 34.9 Å². The molecule has 2 amide bonds. The summed E-state index contributed by atoms with van der Waals surface area (Å²) in [5.74, 6) is -0.0529. The highest BCUT2D eigenvalue weighted by molar-refractivity contribution is 6.30. The average molecular weight is 367 g/mol. The molecule has 0 radical (unpaired) electrons. The second-order valence-corrected chi connectivity index (χ2v) is 8.10. The van der Waals surface area contributed by atoms with E-state index in [0.717, 1.165) is 18.4 Å². The van der Waals surface area contributed by atoms with Crippen LogP contribution in [-0.4, -0.2) is 42.1 Å². The van der Waals surface area contributed by atoms with Gasteiger partial charge < -0.3 is 15.0 Å². The Balaban J connectivity index is 2.13. The third-order valence-corrected chi connectivity index (χ3v) is 4.76. The van der Waals surface area contributed by atoms with Gasteiger partial charge in [-0.1, -0.05) is 23.7 Å². The Morgan fingerprint density at radius 1 is 1.20 bits per heavy atom. The summed E-state index contributed by atoms with van der Waals surface area (Å²) in [4.78, 5) is 25.5. The molecule has 0 bridgehead atoms. The molecule has 1 N–H and O–H groups in total. The number of carbonyl (C=O) groups is 2. The topological polar surface area (TPSA) is 58.6 Å². The van der Waals surface area contributed by atoms with Crippen molar-refractivity contribution in [2.24, 2.45) is 0 Å². The van der Waals surface area contributed by atoms with Gasteiger partial charge in [0, 0.05) is 37.0 Å². The van der Waals surface area contributed by atoms with E-state index in [-0.39, 0.29) is 17.4 Å². The number of amides is 2. The van der Waals surface area contributed by atoms with E-state index in [2.05, 4.69) is 5.32 Å².